The standard InChI is InChI=1S/C28H27Cl3N2O3/c1-2-36-28(35)12-10-17(11-13-28)18-14-20(19-6-3-4-7-22(19)29)21-16-32-27(34)33(25(21)15-18)26-23(30)8-5-9-24(26)31/h3-9,14-15,17,35H,2,10-13,16H2,1H3,(H,32,34). The van der Waals surface area contributed by atoms with Crippen LogP contribution in [-0.2, 0) is 11.3 Å². The molecule has 2 amide bonds. The van der Waals surface area contributed by atoms with Crippen molar-refractivity contribution in [1.82, 2.24) is 5.32 Å². The van der Waals surface area contributed by atoms with Gasteiger partial charge in [0, 0.05) is 42.1 Å². The Morgan fingerprint density at radius 1 is 1.00 bits per heavy atom. The zero-order valence-corrected chi connectivity index (χ0v) is 22.1. The van der Waals surface area contributed by atoms with Crippen molar-refractivity contribution < 1.29 is 14.6 Å². The normalized spacial score (nSPS) is 21.8. The van der Waals surface area contributed by atoms with Gasteiger partial charge >= 0.3 is 6.03 Å². The van der Waals surface area contributed by atoms with Crippen LogP contribution in [0.2, 0.25) is 15.1 Å². The van der Waals surface area contributed by atoms with Crippen LogP contribution < -0.4 is 10.2 Å². The highest BCUT2D eigenvalue weighted by Gasteiger charge is 2.36. The third-order valence-electron chi connectivity index (χ3n) is 7.09. The monoisotopic (exact) mass is 544 g/mol. The Balaban J connectivity index is 1.67. The molecule has 0 spiro atoms. The van der Waals surface area contributed by atoms with Crippen LogP contribution in [0.5, 0.6) is 0 Å². The number of amides is 2. The molecule has 188 valence electrons. The molecule has 1 saturated carbocycles. The van der Waals surface area contributed by atoms with Gasteiger partial charge in [-0.15, -0.1) is 0 Å². The van der Waals surface area contributed by atoms with Crippen molar-refractivity contribution in [3.8, 4) is 11.1 Å². The first-order valence-corrected chi connectivity index (χ1v) is 13.2. The van der Waals surface area contributed by atoms with Gasteiger partial charge in [0.25, 0.3) is 0 Å². The lowest BCUT2D eigenvalue weighted by Gasteiger charge is -2.37. The first kappa shape index (κ1) is 25.4. The van der Waals surface area contributed by atoms with Gasteiger partial charge in [-0.1, -0.05) is 65.1 Å². The molecule has 8 heteroatoms. The van der Waals surface area contributed by atoms with Gasteiger partial charge < -0.3 is 15.2 Å². The molecule has 0 aromatic heterocycles. The van der Waals surface area contributed by atoms with E-state index >= 15 is 0 Å². The highest BCUT2D eigenvalue weighted by Crippen LogP contribution is 2.47. The van der Waals surface area contributed by atoms with Crippen molar-refractivity contribution in [1.29, 1.82) is 0 Å². The van der Waals surface area contributed by atoms with E-state index < -0.39 is 5.79 Å². The molecule has 0 saturated heterocycles. The lowest BCUT2D eigenvalue weighted by atomic mass is 9.79. The highest BCUT2D eigenvalue weighted by molar-refractivity contribution is 6.40. The predicted molar refractivity (Wildman–Crippen MR) is 146 cm³/mol. The number of urea groups is 1. The van der Waals surface area contributed by atoms with Crippen LogP contribution >= 0.6 is 34.8 Å². The zero-order chi connectivity index (χ0) is 25.4. The van der Waals surface area contributed by atoms with Gasteiger partial charge in [-0.25, -0.2) is 4.79 Å². The third kappa shape index (κ3) is 4.71. The van der Waals surface area contributed by atoms with Crippen molar-refractivity contribution in [2.75, 3.05) is 11.5 Å². The Morgan fingerprint density at radius 3 is 2.33 bits per heavy atom. The molecule has 3 aromatic rings. The lowest BCUT2D eigenvalue weighted by molar-refractivity contribution is -0.219. The first-order valence-electron chi connectivity index (χ1n) is 12.1. The summed E-state index contributed by atoms with van der Waals surface area (Å²) in [6, 6.07) is 16.8. The fourth-order valence-electron chi connectivity index (χ4n) is 5.31. The molecule has 1 heterocycles. The van der Waals surface area contributed by atoms with Crippen molar-refractivity contribution in [3.63, 3.8) is 0 Å². The van der Waals surface area contributed by atoms with Crippen LogP contribution in [0.3, 0.4) is 0 Å². The van der Waals surface area contributed by atoms with Crippen LogP contribution in [0.25, 0.3) is 11.1 Å². The van der Waals surface area contributed by atoms with Crippen LogP contribution in [0.15, 0.2) is 54.6 Å². The summed E-state index contributed by atoms with van der Waals surface area (Å²) in [4.78, 5) is 14.8. The summed E-state index contributed by atoms with van der Waals surface area (Å²) < 4.78 is 5.62. The average molecular weight is 546 g/mol. The molecular weight excluding hydrogens is 519 g/mol. The summed E-state index contributed by atoms with van der Waals surface area (Å²) in [5.74, 6) is -0.895. The Bertz CT molecular complexity index is 1280. The summed E-state index contributed by atoms with van der Waals surface area (Å²) in [5.41, 5.74) is 5.02. The quantitative estimate of drug-likeness (QED) is 0.319. The number of rotatable bonds is 5. The van der Waals surface area contributed by atoms with E-state index in [1.807, 2.05) is 31.2 Å². The SMILES string of the molecule is CCOC1(O)CCC(c2cc(-c3ccccc3Cl)c3c(c2)N(c2c(Cl)cccc2Cl)C(=O)NC3)CC1. The van der Waals surface area contributed by atoms with Crippen LogP contribution in [-0.4, -0.2) is 23.5 Å². The molecule has 5 nitrogen and oxygen atoms in total. The van der Waals surface area contributed by atoms with Crippen LogP contribution in [0, 0.1) is 0 Å². The summed E-state index contributed by atoms with van der Waals surface area (Å²) >= 11 is 19.8. The van der Waals surface area contributed by atoms with E-state index in [1.54, 1.807) is 23.1 Å². The molecule has 1 aliphatic heterocycles. The van der Waals surface area contributed by atoms with E-state index in [-0.39, 0.29) is 11.9 Å². The van der Waals surface area contributed by atoms with E-state index in [0.29, 0.717) is 46.7 Å². The number of nitrogens with zero attached hydrogens (tertiary/aromatic N) is 1. The highest BCUT2D eigenvalue weighted by atomic mass is 35.5. The molecule has 1 aliphatic carbocycles. The maximum atomic E-state index is 13.2. The number of nitrogens with one attached hydrogen (secondary N) is 1. The number of carbonyl (C=O) groups excluding carboxylic acids is 1. The third-order valence-corrected chi connectivity index (χ3v) is 8.03. The lowest BCUT2D eigenvalue weighted by Crippen LogP contribution is -2.42. The van der Waals surface area contributed by atoms with Gasteiger partial charge in [0.15, 0.2) is 5.79 Å². The number of benzene rings is 3. The average Bonchev–Trinajstić information content (AvgIpc) is 2.85. The van der Waals surface area contributed by atoms with Crippen molar-refractivity contribution in [2.45, 2.75) is 50.9 Å². The number of hydrogen-bond donors (Lipinski definition) is 2. The number of para-hydroxylation sites is 1. The van der Waals surface area contributed by atoms with E-state index in [0.717, 1.165) is 40.8 Å². The van der Waals surface area contributed by atoms with E-state index in [4.69, 9.17) is 39.5 Å². The smallest absolute Gasteiger partial charge is 0.326 e. The Hall–Kier alpha value is -2.28. The van der Waals surface area contributed by atoms with Gasteiger partial charge in [-0.2, -0.15) is 0 Å². The Labute approximate surface area is 225 Å². The Morgan fingerprint density at radius 2 is 1.67 bits per heavy atom. The van der Waals surface area contributed by atoms with Crippen molar-refractivity contribution >= 4 is 52.2 Å². The molecule has 2 N–H and O–H groups in total. The molecule has 0 unspecified atom stereocenters. The first-order chi connectivity index (χ1) is 17.3. The summed E-state index contributed by atoms with van der Waals surface area (Å²) in [6.45, 7) is 2.71. The maximum Gasteiger partial charge on any atom is 0.326 e. The van der Waals surface area contributed by atoms with Gasteiger partial charge in [-0.05, 0) is 61.1 Å². The number of ether oxygens (including phenoxy) is 1. The molecule has 2 aliphatic rings. The molecule has 0 bridgehead atoms. The minimum Gasteiger partial charge on any atom is -0.365 e. The predicted octanol–water partition coefficient (Wildman–Crippen LogP) is 8.06. The molecule has 3 aromatic carbocycles. The number of hydrogen-bond acceptors (Lipinski definition) is 3. The molecule has 1 fully saturated rings. The minimum atomic E-state index is -1.08. The molecule has 36 heavy (non-hydrogen) atoms. The second-order valence-electron chi connectivity index (χ2n) is 9.26. The Kier molecular flexibility index (Phi) is 7.21. The van der Waals surface area contributed by atoms with Gasteiger partial charge in [0.05, 0.1) is 21.4 Å². The van der Waals surface area contributed by atoms with Gasteiger partial charge in [0.2, 0.25) is 0 Å². The summed E-state index contributed by atoms with van der Waals surface area (Å²) in [7, 11) is 0. The van der Waals surface area contributed by atoms with Crippen molar-refractivity contribution in [3.05, 3.63) is 80.8 Å². The fraction of sp³-hybridized carbons (Fsp3) is 0.321. The van der Waals surface area contributed by atoms with Crippen molar-refractivity contribution in [2.24, 2.45) is 0 Å². The molecule has 0 radical (unpaired) electrons. The summed E-state index contributed by atoms with van der Waals surface area (Å²) in [6.07, 6.45) is 2.61. The van der Waals surface area contributed by atoms with E-state index in [1.165, 1.54) is 0 Å². The van der Waals surface area contributed by atoms with Gasteiger partial charge in [-0.3, -0.25) is 4.90 Å². The largest absolute Gasteiger partial charge is 0.365 e. The molecular formula is C28H27Cl3N2O3. The summed E-state index contributed by atoms with van der Waals surface area (Å²) in [5, 5.41) is 15.1. The fourth-order valence-corrected chi connectivity index (χ4v) is 6.12. The number of halogens is 3. The molecule has 5 rings (SSSR count). The zero-order valence-electron chi connectivity index (χ0n) is 19.9. The van der Waals surface area contributed by atoms with Gasteiger partial charge in [0.1, 0.15) is 0 Å². The number of anilines is 2. The second kappa shape index (κ2) is 10.2. The number of fused-ring (bicyclic) bond motifs is 1. The molecule has 0 atom stereocenters. The van der Waals surface area contributed by atoms with E-state index in [2.05, 4.69) is 17.4 Å². The van der Waals surface area contributed by atoms with Crippen LogP contribution in [0.4, 0.5) is 16.2 Å². The topological polar surface area (TPSA) is 61.8 Å². The van der Waals surface area contributed by atoms with Crippen LogP contribution in [0.1, 0.15) is 49.7 Å². The maximum absolute atomic E-state index is 13.2. The van der Waals surface area contributed by atoms with E-state index in [9.17, 15) is 9.90 Å². The number of aliphatic hydroxyl groups is 1. The minimum absolute atomic E-state index is 0.186. The number of carbonyl (C=O) groups is 1. The second-order valence-corrected chi connectivity index (χ2v) is 10.5.